The number of rotatable bonds is 3. The van der Waals surface area contributed by atoms with Gasteiger partial charge in [-0.3, -0.25) is 10.1 Å². The molecule has 3 aromatic carbocycles. The second-order valence-electron chi connectivity index (χ2n) is 3.96. The highest BCUT2D eigenvalue weighted by atomic mass is 16.6. The van der Waals surface area contributed by atoms with Gasteiger partial charge in [-0.15, -0.1) is 0 Å². The fourth-order valence-corrected chi connectivity index (χ4v) is 1.92. The van der Waals surface area contributed by atoms with E-state index in [2.05, 4.69) is 0 Å². The molecule has 3 heteroatoms. The van der Waals surface area contributed by atoms with Gasteiger partial charge >= 0.3 is 0 Å². The first-order valence-electron chi connectivity index (χ1n) is 10.8. The molecule has 0 aromatic heterocycles. The van der Waals surface area contributed by atoms with Gasteiger partial charge in [0.25, 0.3) is 5.69 Å². The predicted octanol–water partition coefficient (Wildman–Crippen LogP) is 4.93. The van der Waals surface area contributed by atoms with Gasteiger partial charge in [-0.2, -0.15) is 0 Å². The van der Waals surface area contributed by atoms with E-state index in [1.807, 2.05) is 0 Å². The lowest BCUT2D eigenvalue weighted by atomic mass is 9.93. The molecular formula is C18H13NO2. The summed E-state index contributed by atoms with van der Waals surface area (Å²) in [4.78, 5) is 10.9. The Morgan fingerprint density at radius 2 is 1.43 bits per heavy atom. The van der Waals surface area contributed by atoms with Crippen LogP contribution in [0, 0.1) is 10.1 Å². The Labute approximate surface area is 136 Å². The van der Waals surface area contributed by atoms with Crippen LogP contribution < -0.4 is 0 Å². The summed E-state index contributed by atoms with van der Waals surface area (Å²) in [6.07, 6.45) is 0. The topological polar surface area (TPSA) is 43.1 Å². The van der Waals surface area contributed by atoms with Gasteiger partial charge in [-0.1, -0.05) is 72.6 Å². The van der Waals surface area contributed by atoms with Gasteiger partial charge in [0.1, 0.15) is 0 Å². The first-order chi connectivity index (χ1) is 14.4. The van der Waals surface area contributed by atoms with Crippen molar-refractivity contribution < 1.29 is 18.6 Å². The summed E-state index contributed by atoms with van der Waals surface area (Å²) in [5.74, 6) is 0. The highest BCUT2D eigenvalue weighted by molar-refractivity contribution is 5.89. The quantitative estimate of drug-likeness (QED) is 0.506. The highest BCUT2D eigenvalue weighted by Crippen LogP contribution is 2.38. The molecule has 0 heterocycles. The predicted molar refractivity (Wildman–Crippen MR) is 84.0 cm³/mol. The van der Waals surface area contributed by atoms with Crippen molar-refractivity contribution in [2.45, 2.75) is 0 Å². The van der Waals surface area contributed by atoms with Crippen LogP contribution in [-0.4, -0.2) is 4.92 Å². The second kappa shape index (κ2) is 5.59. The van der Waals surface area contributed by atoms with E-state index in [0.29, 0.717) is 0 Å². The first-order valence-corrected chi connectivity index (χ1v) is 5.83. The minimum absolute atomic E-state index is 0.218. The van der Waals surface area contributed by atoms with Gasteiger partial charge in [0.05, 0.1) is 24.2 Å². The molecule has 0 aliphatic heterocycles. The molecule has 0 atom stereocenters. The summed E-state index contributed by atoms with van der Waals surface area (Å²) in [5.41, 5.74) is -2.16. The van der Waals surface area contributed by atoms with Gasteiger partial charge in [-0.25, -0.2) is 0 Å². The van der Waals surface area contributed by atoms with Crippen molar-refractivity contribution in [2.24, 2.45) is 0 Å². The summed E-state index contributed by atoms with van der Waals surface area (Å²) in [6.45, 7) is 0. The lowest BCUT2D eigenvalue weighted by Crippen LogP contribution is -1.94. The summed E-state index contributed by atoms with van der Waals surface area (Å²) < 4.78 is 79.8. The van der Waals surface area contributed by atoms with E-state index >= 15 is 0 Å². The normalized spacial score (nSPS) is 17.0. The maximum absolute atomic E-state index is 11.8. The van der Waals surface area contributed by atoms with Crippen molar-refractivity contribution in [2.75, 3.05) is 0 Å². The summed E-state index contributed by atoms with van der Waals surface area (Å²) >= 11 is 0. The Balaban J connectivity index is 2.60. The van der Waals surface area contributed by atoms with Crippen molar-refractivity contribution in [1.82, 2.24) is 0 Å². The third-order valence-electron chi connectivity index (χ3n) is 2.76. The Kier molecular flexibility index (Phi) is 1.55. The van der Waals surface area contributed by atoms with E-state index in [-0.39, 0.29) is 11.1 Å². The van der Waals surface area contributed by atoms with E-state index in [1.54, 1.807) is 0 Å². The van der Waals surface area contributed by atoms with Gasteiger partial charge in [-0.05, 0) is 16.7 Å². The van der Waals surface area contributed by atoms with Crippen LogP contribution in [0.3, 0.4) is 0 Å². The summed E-state index contributed by atoms with van der Waals surface area (Å²) in [6, 6.07) is -3.32. The lowest BCUT2D eigenvalue weighted by Gasteiger charge is -2.10. The minimum atomic E-state index is -0.825. The standard InChI is InChI=1S/C18H13NO2/c20-19(21)17-13-7-12-16(14-8-3-1-4-9-14)18(17)15-10-5-2-6-11-15/h1-13H/i1D,2D,3D,4D,5D,6D,8D,9D,10D,11D. The van der Waals surface area contributed by atoms with Crippen LogP contribution in [0.25, 0.3) is 22.3 Å². The average molecular weight is 285 g/mol. The van der Waals surface area contributed by atoms with Crippen molar-refractivity contribution >= 4 is 5.69 Å². The molecule has 0 N–H and O–H groups in total. The molecule has 0 aliphatic rings. The van der Waals surface area contributed by atoms with E-state index < -0.39 is 82.2 Å². The Morgan fingerprint density at radius 1 is 0.857 bits per heavy atom. The molecule has 3 nitrogen and oxygen atoms in total. The maximum Gasteiger partial charge on any atom is 0.277 e. The van der Waals surface area contributed by atoms with Crippen LogP contribution in [0.4, 0.5) is 5.69 Å². The highest BCUT2D eigenvalue weighted by Gasteiger charge is 2.19. The molecule has 0 saturated heterocycles. The number of nitro groups is 1. The first kappa shape index (κ1) is 5.82. The van der Waals surface area contributed by atoms with Crippen LogP contribution in [0.15, 0.2) is 78.6 Å². The fourth-order valence-electron chi connectivity index (χ4n) is 1.92. The molecular weight excluding hydrogens is 262 g/mol. The third-order valence-corrected chi connectivity index (χ3v) is 2.76. The molecule has 0 unspecified atom stereocenters. The molecule has 0 amide bonds. The molecule has 0 spiro atoms. The molecule has 102 valence electrons. The minimum Gasteiger partial charge on any atom is -0.258 e. The van der Waals surface area contributed by atoms with Crippen LogP contribution in [0.1, 0.15) is 13.7 Å². The van der Waals surface area contributed by atoms with E-state index in [0.717, 1.165) is 6.07 Å². The van der Waals surface area contributed by atoms with E-state index in [1.165, 1.54) is 12.1 Å². The van der Waals surface area contributed by atoms with Crippen LogP contribution in [-0.2, 0) is 0 Å². The smallest absolute Gasteiger partial charge is 0.258 e. The maximum atomic E-state index is 11.8. The molecule has 3 aromatic rings. The number of hydrogen-bond donors (Lipinski definition) is 0. The SMILES string of the molecule is [2H]c1c([2H])c([2H])c(-c2cccc([N+](=O)[O-])c2-c2c([2H])c([2H])c([2H])c([2H])c2[2H])c([2H])c1[2H]. The zero-order chi connectivity index (χ0) is 23.4. The van der Waals surface area contributed by atoms with Crippen molar-refractivity contribution in [3.8, 4) is 22.3 Å². The zero-order valence-corrected chi connectivity index (χ0v) is 10.5. The van der Waals surface area contributed by atoms with Crippen LogP contribution in [0.2, 0.25) is 0 Å². The number of nitro benzene ring substituents is 1. The van der Waals surface area contributed by atoms with E-state index in [9.17, 15) is 10.1 Å². The molecule has 0 radical (unpaired) electrons. The van der Waals surface area contributed by atoms with Gasteiger partial charge in [0, 0.05) is 6.07 Å². The third kappa shape index (κ3) is 2.54. The van der Waals surface area contributed by atoms with Gasteiger partial charge in [0.2, 0.25) is 0 Å². The van der Waals surface area contributed by atoms with Gasteiger partial charge < -0.3 is 0 Å². The van der Waals surface area contributed by atoms with Crippen molar-refractivity contribution in [3.63, 3.8) is 0 Å². The number of benzene rings is 3. The van der Waals surface area contributed by atoms with Crippen LogP contribution >= 0.6 is 0 Å². The molecule has 0 fully saturated rings. The summed E-state index contributed by atoms with van der Waals surface area (Å²) in [7, 11) is 0. The molecule has 0 saturated carbocycles. The molecule has 0 aliphatic carbocycles. The Hall–Kier alpha value is -2.94. The van der Waals surface area contributed by atoms with E-state index in [4.69, 9.17) is 13.7 Å². The number of hydrogen-bond acceptors (Lipinski definition) is 2. The monoisotopic (exact) mass is 285 g/mol. The van der Waals surface area contributed by atoms with Crippen molar-refractivity contribution in [1.29, 1.82) is 0 Å². The fraction of sp³-hybridized carbons (Fsp3) is 0. The molecule has 0 bridgehead atoms. The zero-order valence-electron chi connectivity index (χ0n) is 20.5. The van der Waals surface area contributed by atoms with Crippen molar-refractivity contribution in [3.05, 3.63) is 88.7 Å². The number of nitrogens with zero attached hydrogens (tertiary/aromatic N) is 1. The Bertz CT molecular complexity index is 1220. The molecule has 21 heavy (non-hydrogen) atoms. The lowest BCUT2D eigenvalue weighted by molar-refractivity contribution is -0.384. The van der Waals surface area contributed by atoms with Gasteiger partial charge in [0.15, 0.2) is 0 Å². The molecule has 3 rings (SSSR count). The Morgan fingerprint density at radius 3 is 2.00 bits per heavy atom. The average Bonchev–Trinajstić information content (AvgIpc) is 2.74. The second-order valence-corrected chi connectivity index (χ2v) is 3.96. The largest absolute Gasteiger partial charge is 0.277 e. The summed E-state index contributed by atoms with van der Waals surface area (Å²) in [5, 5.41) is 11.8. The van der Waals surface area contributed by atoms with Crippen LogP contribution in [0.5, 0.6) is 0 Å².